The molecule has 0 saturated carbocycles. The number of hydrogen-bond donors (Lipinski definition) is 1. The number of halogens is 3. The summed E-state index contributed by atoms with van der Waals surface area (Å²) in [6, 6.07) is 9.34. The van der Waals surface area contributed by atoms with Crippen LogP contribution in [0.5, 0.6) is 5.88 Å². The topological polar surface area (TPSA) is 87.0 Å². The van der Waals surface area contributed by atoms with E-state index in [1.54, 1.807) is 31.2 Å². The number of nitrogens with zero attached hydrogens (tertiary/aromatic N) is 5. The van der Waals surface area contributed by atoms with E-state index in [1.165, 1.54) is 0 Å². The van der Waals surface area contributed by atoms with Crippen LogP contribution >= 0.6 is 11.3 Å². The number of aromatic nitrogens is 3. The minimum absolute atomic E-state index is 0.0513. The second-order valence-corrected chi connectivity index (χ2v) is 8.70. The van der Waals surface area contributed by atoms with E-state index in [-0.39, 0.29) is 27.3 Å². The molecule has 0 aliphatic carbocycles. The average Bonchev–Trinajstić information content (AvgIpc) is 3.22. The molecular formula is C23H19F3N6OS. The molecule has 3 aromatic heterocycles. The SMILES string of the molecule is CCOc1nc(N2CCNCC2)nc2c1sc1nc(-c3ccc(C#N)cc3)cc(C(F)(F)F)c12. The number of nitrogens with one attached hydrogen (secondary N) is 1. The smallest absolute Gasteiger partial charge is 0.417 e. The van der Waals surface area contributed by atoms with Crippen molar-refractivity contribution in [2.75, 3.05) is 37.7 Å². The van der Waals surface area contributed by atoms with E-state index in [1.807, 2.05) is 11.0 Å². The fraction of sp³-hybridized carbons (Fsp3) is 0.304. The third kappa shape index (κ3) is 3.99. The second kappa shape index (κ2) is 8.70. The van der Waals surface area contributed by atoms with E-state index in [9.17, 15) is 13.2 Å². The van der Waals surface area contributed by atoms with Gasteiger partial charge < -0.3 is 15.0 Å². The molecule has 0 spiro atoms. The lowest BCUT2D eigenvalue weighted by atomic mass is 10.0. The Morgan fingerprint density at radius 1 is 1.15 bits per heavy atom. The van der Waals surface area contributed by atoms with Crippen LogP contribution in [0.3, 0.4) is 0 Å². The normalized spacial score (nSPS) is 14.5. The molecule has 7 nitrogen and oxygen atoms in total. The third-order valence-electron chi connectivity index (χ3n) is 5.54. The summed E-state index contributed by atoms with van der Waals surface area (Å²) < 4.78 is 49.0. The summed E-state index contributed by atoms with van der Waals surface area (Å²) in [7, 11) is 0. The number of piperazine rings is 1. The zero-order valence-corrected chi connectivity index (χ0v) is 18.9. The number of anilines is 1. The molecule has 0 unspecified atom stereocenters. The van der Waals surface area contributed by atoms with Gasteiger partial charge in [0.05, 0.1) is 34.9 Å². The number of thiophene rings is 1. The van der Waals surface area contributed by atoms with E-state index < -0.39 is 11.7 Å². The first-order valence-electron chi connectivity index (χ1n) is 10.7. The largest absolute Gasteiger partial charge is 0.477 e. The van der Waals surface area contributed by atoms with Crippen molar-refractivity contribution in [2.45, 2.75) is 13.1 Å². The van der Waals surface area contributed by atoms with E-state index in [0.717, 1.165) is 30.5 Å². The first kappa shape index (κ1) is 22.3. The number of ether oxygens (including phenoxy) is 1. The molecule has 1 aromatic carbocycles. The van der Waals surface area contributed by atoms with E-state index in [2.05, 4.69) is 20.3 Å². The molecule has 1 fully saturated rings. The fourth-order valence-electron chi connectivity index (χ4n) is 3.93. The van der Waals surface area contributed by atoms with Gasteiger partial charge in [-0.3, -0.25) is 0 Å². The summed E-state index contributed by atoms with van der Waals surface area (Å²) in [4.78, 5) is 15.8. The zero-order valence-electron chi connectivity index (χ0n) is 18.1. The van der Waals surface area contributed by atoms with Crippen LogP contribution in [0.25, 0.3) is 31.7 Å². The molecule has 5 rings (SSSR count). The molecule has 4 aromatic rings. The highest BCUT2D eigenvalue weighted by atomic mass is 32.1. The van der Waals surface area contributed by atoms with Crippen LogP contribution in [0.2, 0.25) is 0 Å². The van der Waals surface area contributed by atoms with Crippen LogP contribution in [0.1, 0.15) is 18.1 Å². The molecule has 1 N–H and O–H groups in total. The molecule has 0 bridgehead atoms. The predicted molar refractivity (Wildman–Crippen MR) is 124 cm³/mol. The van der Waals surface area contributed by atoms with Gasteiger partial charge in [-0.1, -0.05) is 12.1 Å². The highest BCUT2D eigenvalue weighted by Gasteiger charge is 2.36. The zero-order chi connectivity index (χ0) is 23.9. The Kier molecular flexibility index (Phi) is 5.71. The van der Waals surface area contributed by atoms with Crippen LogP contribution in [0.15, 0.2) is 30.3 Å². The molecule has 4 heterocycles. The van der Waals surface area contributed by atoms with Crippen molar-refractivity contribution in [3.63, 3.8) is 0 Å². The molecule has 34 heavy (non-hydrogen) atoms. The summed E-state index contributed by atoms with van der Waals surface area (Å²) in [6.07, 6.45) is -4.62. The van der Waals surface area contributed by atoms with Crippen LogP contribution in [-0.4, -0.2) is 47.7 Å². The Morgan fingerprint density at radius 3 is 2.53 bits per heavy atom. The van der Waals surface area contributed by atoms with Gasteiger partial charge in [0.2, 0.25) is 11.8 Å². The van der Waals surface area contributed by atoms with Gasteiger partial charge in [0.1, 0.15) is 15.0 Å². The molecule has 1 aliphatic heterocycles. The molecule has 0 amide bonds. The summed E-state index contributed by atoms with van der Waals surface area (Å²) >= 11 is 1.09. The highest BCUT2D eigenvalue weighted by Crippen LogP contribution is 2.45. The minimum atomic E-state index is -4.62. The van der Waals surface area contributed by atoms with Gasteiger partial charge in [-0.15, -0.1) is 11.3 Å². The van der Waals surface area contributed by atoms with Crippen molar-refractivity contribution < 1.29 is 17.9 Å². The average molecular weight is 485 g/mol. The van der Waals surface area contributed by atoms with Gasteiger partial charge in [-0.25, -0.2) is 9.97 Å². The van der Waals surface area contributed by atoms with Gasteiger partial charge in [0.15, 0.2) is 0 Å². The molecule has 11 heteroatoms. The van der Waals surface area contributed by atoms with Crippen LogP contribution in [0, 0.1) is 11.3 Å². The van der Waals surface area contributed by atoms with Crippen molar-refractivity contribution in [1.29, 1.82) is 5.26 Å². The Balaban J connectivity index is 1.77. The Hall–Kier alpha value is -3.49. The molecule has 1 saturated heterocycles. The maximum absolute atomic E-state index is 14.3. The highest BCUT2D eigenvalue weighted by molar-refractivity contribution is 7.25. The van der Waals surface area contributed by atoms with Crippen LogP contribution in [0.4, 0.5) is 19.1 Å². The second-order valence-electron chi connectivity index (χ2n) is 7.70. The number of benzene rings is 1. The Bertz CT molecular complexity index is 1410. The standard InChI is InChI=1S/C23H19F3N6OS/c1-2-33-20-19-18(30-22(31-20)32-9-7-28-8-10-32)17-15(23(24,25)26)11-16(29-21(17)34-19)14-5-3-13(12-27)4-6-14/h3-6,11,28H,2,7-10H2,1H3. The lowest BCUT2D eigenvalue weighted by Crippen LogP contribution is -2.44. The number of nitriles is 1. The van der Waals surface area contributed by atoms with E-state index in [4.69, 9.17) is 10.00 Å². The van der Waals surface area contributed by atoms with Crippen molar-refractivity contribution in [3.05, 3.63) is 41.5 Å². The first-order valence-corrected chi connectivity index (χ1v) is 11.5. The maximum atomic E-state index is 14.3. The fourth-order valence-corrected chi connectivity index (χ4v) is 5.01. The maximum Gasteiger partial charge on any atom is 0.417 e. The van der Waals surface area contributed by atoms with Crippen molar-refractivity contribution in [1.82, 2.24) is 20.3 Å². The van der Waals surface area contributed by atoms with Gasteiger partial charge in [-0.05, 0) is 25.1 Å². The van der Waals surface area contributed by atoms with Gasteiger partial charge in [-0.2, -0.15) is 23.4 Å². The summed E-state index contributed by atoms with van der Waals surface area (Å²) in [5.74, 6) is 0.610. The predicted octanol–water partition coefficient (Wildman–Crippen LogP) is 4.61. The molecule has 174 valence electrons. The van der Waals surface area contributed by atoms with Gasteiger partial charge >= 0.3 is 6.18 Å². The van der Waals surface area contributed by atoms with Gasteiger partial charge in [0.25, 0.3) is 0 Å². The van der Waals surface area contributed by atoms with E-state index >= 15 is 0 Å². The third-order valence-corrected chi connectivity index (χ3v) is 6.60. The lowest BCUT2D eigenvalue weighted by Gasteiger charge is -2.27. The molecular weight excluding hydrogens is 465 g/mol. The molecule has 0 atom stereocenters. The summed E-state index contributed by atoms with van der Waals surface area (Å²) in [5.41, 5.74) is 0.458. The Morgan fingerprint density at radius 2 is 1.88 bits per heavy atom. The summed E-state index contributed by atoms with van der Waals surface area (Å²) in [5, 5.41) is 12.2. The quantitative estimate of drug-likeness (QED) is 0.453. The molecule has 1 aliphatic rings. The molecule has 0 radical (unpaired) electrons. The van der Waals surface area contributed by atoms with Crippen molar-refractivity contribution >= 4 is 37.7 Å². The number of pyridine rings is 1. The number of fused-ring (bicyclic) bond motifs is 3. The minimum Gasteiger partial charge on any atom is -0.477 e. The van der Waals surface area contributed by atoms with Gasteiger partial charge in [0, 0.05) is 31.7 Å². The number of rotatable bonds is 4. The number of hydrogen-bond acceptors (Lipinski definition) is 8. The van der Waals surface area contributed by atoms with Crippen molar-refractivity contribution in [3.8, 4) is 23.2 Å². The first-order chi connectivity index (χ1) is 16.4. The van der Waals surface area contributed by atoms with Crippen LogP contribution in [-0.2, 0) is 6.18 Å². The lowest BCUT2D eigenvalue weighted by molar-refractivity contribution is -0.136. The Labute approximate surface area is 196 Å². The summed E-state index contributed by atoms with van der Waals surface area (Å²) in [6.45, 7) is 4.88. The number of alkyl halides is 3. The monoisotopic (exact) mass is 484 g/mol. The van der Waals surface area contributed by atoms with E-state index in [0.29, 0.717) is 41.5 Å². The van der Waals surface area contributed by atoms with Crippen LogP contribution < -0.4 is 15.0 Å². The van der Waals surface area contributed by atoms with Crippen molar-refractivity contribution in [2.24, 2.45) is 0 Å².